The van der Waals surface area contributed by atoms with Gasteiger partial charge < -0.3 is 0 Å². The Morgan fingerprint density at radius 1 is 0.594 bits per heavy atom. The summed E-state index contributed by atoms with van der Waals surface area (Å²) in [6.07, 6.45) is 0. The van der Waals surface area contributed by atoms with E-state index in [4.69, 9.17) is 0 Å². The lowest BCUT2D eigenvalue weighted by Crippen LogP contribution is -2.21. The fourth-order valence-corrected chi connectivity index (χ4v) is 3.04. The van der Waals surface area contributed by atoms with Crippen molar-refractivity contribution in [3.05, 3.63) is 106 Å². The molecule has 0 spiro atoms. The summed E-state index contributed by atoms with van der Waals surface area (Å²) in [7, 11) is 0. The van der Waals surface area contributed by atoms with Crippen LogP contribution in [0.15, 0.2) is 83.0 Å². The predicted octanol–water partition coefficient (Wildman–Crippen LogP) is 4.61. The van der Waals surface area contributed by atoms with Crippen molar-refractivity contribution in [3.63, 3.8) is 0 Å². The average Bonchev–Trinajstić information content (AvgIpc) is 2.80. The van der Waals surface area contributed by atoms with Crippen molar-refractivity contribution in [1.82, 2.24) is 10.9 Å². The maximum absolute atomic E-state index is 12.4. The summed E-state index contributed by atoms with van der Waals surface area (Å²) >= 11 is 0. The van der Waals surface area contributed by atoms with Crippen molar-refractivity contribution in [2.45, 2.75) is 27.7 Å². The van der Waals surface area contributed by atoms with Crippen molar-refractivity contribution < 1.29 is 9.59 Å². The zero-order valence-corrected chi connectivity index (χ0v) is 18.6. The van der Waals surface area contributed by atoms with Crippen molar-refractivity contribution in [1.29, 1.82) is 0 Å². The minimum Gasteiger partial charge on any atom is -0.267 e. The molecule has 162 valence electrons. The molecule has 0 unspecified atom stereocenters. The molecule has 2 N–H and O–H groups in total. The lowest BCUT2D eigenvalue weighted by molar-refractivity contribution is 0.0943. The van der Waals surface area contributed by atoms with Gasteiger partial charge in [0.15, 0.2) is 0 Å². The van der Waals surface area contributed by atoms with Gasteiger partial charge in [0.05, 0.1) is 11.4 Å². The monoisotopic (exact) mass is 426 g/mol. The minimum atomic E-state index is -0.350. The largest absolute Gasteiger partial charge is 0.271 e. The van der Waals surface area contributed by atoms with Crippen LogP contribution in [0, 0.1) is 13.8 Å². The van der Waals surface area contributed by atoms with Gasteiger partial charge in [0.1, 0.15) is 0 Å². The van der Waals surface area contributed by atoms with Crippen LogP contribution in [0.1, 0.15) is 56.8 Å². The maximum Gasteiger partial charge on any atom is 0.271 e. The molecule has 0 atom stereocenters. The second kappa shape index (κ2) is 10.3. The standard InChI is InChI=1S/C26H26N4O2/c1-17-7-5-9-23(15-17)19(3)27-29-25(31)21-11-13-22(14-12-21)26(32)30-28-20(4)24-10-6-8-18(2)16-24/h5-16H,1-4H3,(H,29,31)(H,30,32)/b27-19+,28-20+. The molecule has 0 radical (unpaired) electrons. The summed E-state index contributed by atoms with van der Waals surface area (Å²) in [6.45, 7) is 7.67. The summed E-state index contributed by atoms with van der Waals surface area (Å²) in [5.41, 5.74) is 11.5. The zero-order valence-electron chi connectivity index (χ0n) is 18.6. The van der Waals surface area contributed by atoms with E-state index in [-0.39, 0.29) is 11.8 Å². The molecule has 0 aliphatic heterocycles. The average molecular weight is 427 g/mol. The van der Waals surface area contributed by atoms with Crippen molar-refractivity contribution in [3.8, 4) is 0 Å². The zero-order chi connectivity index (χ0) is 23.1. The van der Waals surface area contributed by atoms with Gasteiger partial charge in [-0.2, -0.15) is 10.2 Å². The van der Waals surface area contributed by atoms with E-state index in [0.717, 1.165) is 22.3 Å². The Balaban J connectivity index is 1.61. The van der Waals surface area contributed by atoms with Gasteiger partial charge >= 0.3 is 0 Å². The van der Waals surface area contributed by atoms with Gasteiger partial charge in [-0.1, -0.05) is 59.7 Å². The molecule has 0 saturated carbocycles. The second-order valence-corrected chi connectivity index (χ2v) is 7.59. The topological polar surface area (TPSA) is 82.9 Å². The number of hydrazone groups is 2. The third kappa shape index (κ3) is 5.98. The van der Waals surface area contributed by atoms with Crippen LogP contribution in [0.4, 0.5) is 0 Å². The molecule has 3 aromatic carbocycles. The lowest BCUT2D eigenvalue weighted by atomic mass is 10.1. The summed E-state index contributed by atoms with van der Waals surface area (Å²) in [5.74, 6) is -0.699. The predicted molar refractivity (Wildman–Crippen MR) is 128 cm³/mol. The van der Waals surface area contributed by atoms with E-state index in [1.54, 1.807) is 24.3 Å². The summed E-state index contributed by atoms with van der Waals surface area (Å²) in [6, 6.07) is 22.1. The van der Waals surface area contributed by atoms with Crippen molar-refractivity contribution >= 4 is 23.2 Å². The number of rotatable bonds is 6. The highest BCUT2D eigenvalue weighted by atomic mass is 16.2. The van der Waals surface area contributed by atoms with E-state index in [9.17, 15) is 9.59 Å². The number of hydrogen-bond donors (Lipinski definition) is 2. The molecule has 6 nitrogen and oxygen atoms in total. The molecule has 32 heavy (non-hydrogen) atoms. The third-order valence-electron chi connectivity index (χ3n) is 4.93. The highest BCUT2D eigenvalue weighted by Gasteiger charge is 2.09. The number of aryl methyl sites for hydroxylation is 2. The Morgan fingerprint density at radius 3 is 1.31 bits per heavy atom. The molecule has 0 saturated heterocycles. The highest BCUT2D eigenvalue weighted by Crippen LogP contribution is 2.08. The number of nitrogens with one attached hydrogen (secondary N) is 2. The molecule has 3 rings (SSSR count). The molecular formula is C26H26N4O2. The van der Waals surface area contributed by atoms with Gasteiger partial charge in [-0.25, -0.2) is 10.9 Å². The van der Waals surface area contributed by atoms with E-state index in [2.05, 4.69) is 21.1 Å². The van der Waals surface area contributed by atoms with E-state index >= 15 is 0 Å². The molecule has 0 bridgehead atoms. The van der Waals surface area contributed by atoms with E-state index in [1.165, 1.54) is 0 Å². The number of amides is 2. The Morgan fingerprint density at radius 2 is 0.969 bits per heavy atom. The first kappa shape index (κ1) is 22.6. The Bertz CT molecular complexity index is 1100. The molecule has 6 heteroatoms. The van der Waals surface area contributed by atoms with Crippen LogP contribution in [0.3, 0.4) is 0 Å². The van der Waals surface area contributed by atoms with Crippen molar-refractivity contribution in [2.75, 3.05) is 0 Å². The van der Waals surface area contributed by atoms with E-state index < -0.39 is 0 Å². The van der Waals surface area contributed by atoms with Gasteiger partial charge in [0, 0.05) is 11.1 Å². The first-order chi connectivity index (χ1) is 15.3. The van der Waals surface area contributed by atoms with Crippen LogP contribution in [0.2, 0.25) is 0 Å². The smallest absolute Gasteiger partial charge is 0.267 e. The minimum absolute atomic E-state index is 0.350. The fourth-order valence-electron chi connectivity index (χ4n) is 3.04. The molecule has 0 heterocycles. The van der Waals surface area contributed by atoms with Gasteiger partial charge in [0.2, 0.25) is 0 Å². The highest BCUT2D eigenvalue weighted by molar-refractivity contribution is 6.02. The summed E-state index contributed by atoms with van der Waals surface area (Å²) in [4.78, 5) is 24.8. The normalized spacial score (nSPS) is 11.8. The molecule has 3 aromatic rings. The fraction of sp³-hybridized carbons (Fsp3) is 0.154. The van der Waals surface area contributed by atoms with Crippen LogP contribution >= 0.6 is 0 Å². The maximum atomic E-state index is 12.4. The first-order valence-electron chi connectivity index (χ1n) is 10.3. The van der Waals surface area contributed by atoms with Gasteiger partial charge in [-0.05, 0) is 63.1 Å². The number of carbonyl (C=O) groups excluding carboxylic acids is 2. The summed E-state index contributed by atoms with van der Waals surface area (Å²) < 4.78 is 0. The SMILES string of the molecule is C/C(=N\NC(=O)c1ccc(C(=O)N/N=C(\C)c2cccc(C)c2)cc1)c1cccc(C)c1. The molecule has 2 amide bonds. The Kier molecular flexibility index (Phi) is 7.29. The molecule has 0 aromatic heterocycles. The van der Waals surface area contributed by atoms with Crippen LogP contribution in [-0.2, 0) is 0 Å². The van der Waals surface area contributed by atoms with Crippen molar-refractivity contribution in [2.24, 2.45) is 10.2 Å². The van der Waals surface area contributed by atoms with E-state index in [1.807, 2.05) is 76.2 Å². The van der Waals surface area contributed by atoms with Gasteiger partial charge in [-0.15, -0.1) is 0 Å². The van der Waals surface area contributed by atoms with Gasteiger partial charge in [-0.3, -0.25) is 9.59 Å². The van der Waals surface area contributed by atoms with Crippen LogP contribution in [0.5, 0.6) is 0 Å². The number of nitrogens with zero attached hydrogens (tertiary/aromatic N) is 2. The molecule has 0 fully saturated rings. The Hall–Kier alpha value is -4.06. The number of carbonyl (C=O) groups is 2. The quantitative estimate of drug-likeness (QED) is 0.446. The molecular weight excluding hydrogens is 400 g/mol. The number of hydrogen-bond acceptors (Lipinski definition) is 4. The second-order valence-electron chi connectivity index (χ2n) is 7.59. The van der Waals surface area contributed by atoms with E-state index in [0.29, 0.717) is 22.6 Å². The first-order valence-corrected chi connectivity index (χ1v) is 10.3. The molecule has 0 aliphatic carbocycles. The van der Waals surface area contributed by atoms with Crippen LogP contribution in [0.25, 0.3) is 0 Å². The third-order valence-corrected chi connectivity index (χ3v) is 4.93. The number of benzene rings is 3. The van der Waals surface area contributed by atoms with Gasteiger partial charge in [0.25, 0.3) is 11.8 Å². The molecule has 0 aliphatic rings. The lowest BCUT2D eigenvalue weighted by Gasteiger charge is -2.06. The van der Waals surface area contributed by atoms with Crippen LogP contribution < -0.4 is 10.9 Å². The summed E-state index contributed by atoms with van der Waals surface area (Å²) in [5, 5.41) is 8.35. The Labute approximate surface area is 188 Å². The van der Waals surface area contributed by atoms with Crippen LogP contribution in [-0.4, -0.2) is 23.2 Å².